The molecule has 0 aromatic heterocycles. The Morgan fingerprint density at radius 3 is 2.52 bits per heavy atom. The minimum absolute atomic E-state index is 0.0230. The number of nitro benzene ring substituents is 1. The van der Waals surface area contributed by atoms with Gasteiger partial charge < -0.3 is 14.4 Å². The number of halogens is 1. The maximum absolute atomic E-state index is 13.1. The van der Waals surface area contributed by atoms with Gasteiger partial charge in [0.2, 0.25) is 0 Å². The van der Waals surface area contributed by atoms with Crippen molar-refractivity contribution < 1.29 is 23.6 Å². The summed E-state index contributed by atoms with van der Waals surface area (Å²) in [5, 5.41) is 11.3. The molecule has 166 valence electrons. The van der Waals surface area contributed by atoms with Crippen LogP contribution in [-0.4, -0.2) is 59.5 Å². The van der Waals surface area contributed by atoms with E-state index in [0.717, 1.165) is 5.56 Å². The lowest BCUT2D eigenvalue weighted by molar-refractivity contribution is -0.385. The van der Waals surface area contributed by atoms with Crippen LogP contribution in [0, 0.1) is 15.9 Å². The average molecular weight is 431 g/mol. The van der Waals surface area contributed by atoms with E-state index in [1.165, 1.54) is 31.4 Å². The molecular formula is C22H26FN3O5. The predicted molar refractivity (Wildman–Crippen MR) is 113 cm³/mol. The van der Waals surface area contributed by atoms with Crippen LogP contribution in [0.4, 0.5) is 10.1 Å². The second-order valence-electron chi connectivity index (χ2n) is 7.68. The molecule has 0 saturated carbocycles. The fourth-order valence-electron chi connectivity index (χ4n) is 3.70. The van der Waals surface area contributed by atoms with Gasteiger partial charge in [0.15, 0.2) is 12.4 Å². The molecule has 1 fully saturated rings. The summed E-state index contributed by atoms with van der Waals surface area (Å²) in [7, 11) is 1.42. The largest absolute Gasteiger partial charge is 0.496 e. The van der Waals surface area contributed by atoms with E-state index in [9.17, 15) is 19.3 Å². The highest BCUT2D eigenvalue weighted by atomic mass is 19.1. The first-order chi connectivity index (χ1) is 14.8. The van der Waals surface area contributed by atoms with Gasteiger partial charge in [0.25, 0.3) is 5.91 Å². The minimum atomic E-state index is -0.568. The summed E-state index contributed by atoms with van der Waals surface area (Å²) in [6, 6.07) is 10.7. The Hall–Kier alpha value is -3.20. The third kappa shape index (κ3) is 5.49. The van der Waals surface area contributed by atoms with Crippen molar-refractivity contribution in [2.75, 3.05) is 26.8 Å². The zero-order valence-corrected chi connectivity index (χ0v) is 17.8. The molecule has 2 atom stereocenters. The fourth-order valence-corrected chi connectivity index (χ4v) is 3.70. The summed E-state index contributed by atoms with van der Waals surface area (Å²) < 4.78 is 23.6. The highest BCUT2D eigenvalue weighted by Gasteiger charge is 2.32. The summed E-state index contributed by atoms with van der Waals surface area (Å²) in [5.41, 5.74) is 0.757. The van der Waals surface area contributed by atoms with E-state index in [4.69, 9.17) is 9.47 Å². The average Bonchev–Trinajstić information content (AvgIpc) is 2.75. The minimum Gasteiger partial charge on any atom is -0.496 e. The van der Waals surface area contributed by atoms with Crippen LogP contribution in [0.3, 0.4) is 0 Å². The van der Waals surface area contributed by atoms with Crippen molar-refractivity contribution in [2.24, 2.45) is 0 Å². The van der Waals surface area contributed by atoms with E-state index in [1.54, 1.807) is 23.1 Å². The maximum atomic E-state index is 13.1. The second-order valence-corrected chi connectivity index (χ2v) is 7.68. The monoisotopic (exact) mass is 431 g/mol. The summed E-state index contributed by atoms with van der Waals surface area (Å²) >= 11 is 0. The SMILES string of the molecule is COc1ccc(OCC(=O)N2CC(C)N(Cc3ccc(F)cc3)CC2C)c([N+](=O)[O-])c1. The van der Waals surface area contributed by atoms with E-state index in [0.29, 0.717) is 25.4 Å². The Kier molecular flexibility index (Phi) is 7.06. The van der Waals surface area contributed by atoms with Crippen LogP contribution in [0.15, 0.2) is 42.5 Å². The number of ether oxygens (including phenoxy) is 2. The molecule has 0 radical (unpaired) electrons. The number of benzene rings is 2. The van der Waals surface area contributed by atoms with Gasteiger partial charge in [0.05, 0.1) is 18.1 Å². The van der Waals surface area contributed by atoms with E-state index >= 15 is 0 Å². The van der Waals surface area contributed by atoms with Crippen LogP contribution >= 0.6 is 0 Å². The standard InChI is InChI=1S/C22H26FN3O5/c1-15-12-25(16(2)11-24(15)13-17-4-6-18(23)7-5-17)22(27)14-31-21-9-8-19(30-3)10-20(21)26(28)29/h4-10,15-16H,11-14H2,1-3H3. The maximum Gasteiger partial charge on any atom is 0.314 e. The Bertz CT molecular complexity index is 937. The number of piperazine rings is 1. The lowest BCUT2D eigenvalue weighted by atomic mass is 10.1. The van der Waals surface area contributed by atoms with Crippen LogP contribution in [0.1, 0.15) is 19.4 Å². The zero-order chi connectivity index (χ0) is 22.5. The molecule has 2 unspecified atom stereocenters. The Balaban J connectivity index is 1.60. The van der Waals surface area contributed by atoms with E-state index < -0.39 is 4.92 Å². The molecule has 1 amide bonds. The van der Waals surface area contributed by atoms with Gasteiger partial charge in [-0.15, -0.1) is 0 Å². The summed E-state index contributed by atoms with van der Waals surface area (Å²) in [4.78, 5) is 27.5. The van der Waals surface area contributed by atoms with Gasteiger partial charge in [-0.1, -0.05) is 12.1 Å². The van der Waals surface area contributed by atoms with Gasteiger partial charge in [0.1, 0.15) is 11.6 Å². The highest BCUT2D eigenvalue weighted by Crippen LogP contribution is 2.31. The molecule has 1 aliphatic heterocycles. The van der Waals surface area contributed by atoms with Gasteiger partial charge in [-0.2, -0.15) is 0 Å². The van der Waals surface area contributed by atoms with Crippen LogP contribution < -0.4 is 9.47 Å². The molecule has 0 N–H and O–H groups in total. The number of amides is 1. The van der Waals surface area contributed by atoms with Gasteiger partial charge in [-0.05, 0) is 43.7 Å². The molecule has 1 saturated heterocycles. The smallest absolute Gasteiger partial charge is 0.314 e. The van der Waals surface area contributed by atoms with Crippen molar-refractivity contribution in [3.8, 4) is 11.5 Å². The molecule has 31 heavy (non-hydrogen) atoms. The molecule has 1 aliphatic rings. The molecule has 3 rings (SSSR count). The molecule has 9 heteroatoms. The Labute approximate surface area is 180 Å². The Morgan fingerprint density at radius 2 is 1.87 bits per heavy atom. The second kappa shape index (κ2) is 9.74. The van der Waals surface area contributed by atoms with E-state index in [2.05, 4.69) is 4.90 Å². The number of carbonyl (C=O) groups excluding carboxylic acids is 1. The number of hydrogen-bond donors (Lipinski definition) is 0. The predicted octanol–water partition coefficient (Wildman–Crippen LogP) is 3.24. The van der Waals surface area contributed by atoms with Crippen molar-refractivity contribution in [3.05, 3.63) is 64.0 Å². The van der Waals surface area contributed by atoms with Gasteiger partial charge >= 0.3 is 5.69 Å². The Morgan fingerprint density at radius 1 is 1.16 bits per heavy atom. The van der Waals surface area contributed by atoms with E-state index in [-0.39, 0.29) is 41.9 Å². The first kappa shape index (κ1) is 22.5. The lowest BCUT2D eigenvalue weighted by Gasteiger charge is -2.44. The van der Waals surface area contributed by atoms with Crippen LogP contribution in [-0.2, 0) is 11.3 Å². The summed E-state index contributed by atoms with van der Waals surface area (Å²) in [6.07, 6.45) is 0. The first-order valence-corrected chi connectivity index (χ1v) is 10.0. The molecule has 0 aliphatic carbocycles. The van der Waals surface area contributed by atoms with Crippen LogP contribution in [0.2, 0.25) is 0 Å². The van der Waals surface area contributed by atoms with Crippen molar-refractivity contribution in [2.45, 2.75) is 32.5 Å². The lowest BCUT2D eigenvalue weighted by Crippen LogP contribution is -2.58. The zero-order valence-electron chi connectivity index (χ0n) is 17.8. The van der Waals surface area contributed by atoms with Crippen molar-refractivity contribution in [1.29, 1.82) is 0 Å². The van der Waals surface area contributed by atoms with Crippen molar-refractivity contribution >= 4 is 11.6 Å². The normalized spacial score (nSPS) is 19.2. The van der Waals surface area contributed by atoms with Crippen LogP contribution in [0.5, 0.6) is 11.5 Å². The molecule has 0 bridgehead atoms. The first-order valence-electron chi connectivity index (χ1n) is 10.0. The molecule has 1 heterocycles. The quantitative estimate of drug-likeness (QED) is 0.494. The van der Waals surface area contributed by atoms with Gasteiger partial charge in [-0.3, -0.25) is 19.8 Å². The van der Waals surface area contributed by atoms with Crippen molar-refractivity contribution in [1.82, 2.24) is 9.80 Å². The summed E-state index contributed by atoms with van der Waals surface area (Å²) in [6.45, 7) is 5.54. The van der Waals surface area contributed by atoms with Crippen LogP contribution in [0.25, 0.3) is 0 Å². The highest BCUT2D eigenvalue weighted by molar-refractivity contribution is 5.78. The third-order valence-corrected chi connectivity index (χ3v) is 5.45. The van der Waals surface area contributed by atoms with Gasteiger partial charge in [-0.25, -0.2) is 4.39 Å². The molecular weight excluding hydrogens is 405 g/mol. The number of carbonyl (C=O) groups is 1. The van der Waals surface area contributed by atoms with Gasteiger partial charge in [0, 0.05) is 31.7 Å². The number of rotatable bonds is 7. The number of nitrogens with zero attached hydrogens (tertiary/aromatic N) is 3. The molecule has 8 nitrogen and oxygen atoms in total. The van der Waals surface area contributed by atoms with E-state index in [1.807, 2.05) is 13.8 Å². The number of methoxy groups -OCH3 is 1. The molecule has 2 aromatic carbocycles. The molecule has 2 aromatic rings. The number of hydrogen-bond acceptors (Lipinski definition) is 6. The third-order valence-electron chi connectivity index (χ3n) is 5.45. The molecule has 0 spiro atoms. The fraction of sp³-hybridized carbons (Fsp3) is 0.409. The topological polar surface area (TPSA) is 85.2 Å². The summed E-state index contributed by atoms with van der Waals surface area (Å²) in [5.74, 6) is -0.136. The number of nitro groups is 1. The van der Waals surface area contributed by atoms with Crippen molar-refractivity contribution in [3.63, 3.8) is 0 Å².